The number of carbonyl (C=O) groups excluding carboxylic acids is 4. The van der Waals surface area contributed by atoms with Crippen molar-refractivity contribution >= 4 is 39.5 Å². The molecule has 0 amide bonds. The molecule has 0 aromatic heterocycles. The van der Waals surface area contributed by atoms with Crippen LogP contribution >= 0.6 is 15.6 Å². The number of phosphoric ester groups is 2. The minimum Gasteiger partial charge on any atom is -0.462 e. The van der Waals surface area contributed by atoms with Crippen LogP contribution in [0.1, 0.15) is 413 Å². The summed E-state index contributed by atoms with van der Waals surface area (Å²) in [6, 6.07) is 0. The summed E-state index contributed by atoms with van der Waals surface area (Å²) in [4.78, 5) is 72.8. The van der Waals surface area contributed by atoms with Crippen molar-refractivity contribution in [3.63, 3.8) is 0 Å². The van der Waals surface area contributed by atoms with Gasteiger partial charge in [0.25, 0.3) is 0 Å². The fourth-order valence-electron chi connectivity index (χ4n) is 11.9. The second kappa shape index (κ2) is 71.5. The van der Waals surface area contributed by atoms with Crippen molar-refractivity contribution in [3.8, 4) is 0 Å². The third-order valence-electron chi connectivity index (χ3n) is 18.1. The highest BCUT2D eigenvalue weighted by Gasteiger charge is 2.30. The van der Waals surface area contributed by atoms with Crippen molar-refractivity contribution < 1.29 is 80.2 Å². The van der Waals surface area contributed by atoms with E-state index in [1.807, 2.05) is 0 Å². The number of ether oxygens (including phenoxy) is 4. The Hall–Kier alpha value is -1.94. The Morgan fingerprint density at radius 3 is 0.615 bits per heavy atom. The largest absolute Gasteiger partial charge is 0.472 e. The van der Waals surface area contributed by atoms with Gasteiger partial charge >= 0.3 is 39.5 Å². The van der Waals surface area contributed by atoms with Crippen LogP contribution in [0.25, 0.3) is 0 Å². The molecular weight excluding hydrogens is 1260 g/mol. The number of hydrogen-bond donors (Lipinski definition) is 3. The normalized spacial score (nSPS) is 13.9. The molecular formula is C77H150O17P2. The molecule has 0 aliphatic heterocycles. The molecule has 0 radical (unpaired) electrons. The summed E-state index contributed by atoms with van der Waals surface area (Å²) >= 11 is 0. The van der Waals surface area contributed by atoms with Crippen molar-refractivity contribution in [1.82, 2.24) is 0 Å². The van der Waals surface area contributed by atoms with Gasteiger partial charge in [0, 0.05) is 25.7 Å². The molecule has 3 N–H and O–H groups in total. The first kappa shape index (κ1) is 94.1. The van der Waals surface area contributed by atoms with Gasteiger partial charge in [0.1, 0.15) is 19.3 Å². The first-order chi connectivity index (χ1) is 46.7. The molecule has 0 aliphatic carbocycles. The Morgan fingerprint density at radius 2 is 0.417 bits per heavy atom. The topological polar surface area (TPSA) is 237 Å². The van der Waals surface area contributed by atoms with Gasteiger partial charge in [-0.25, -0.2) is 9.13 Å². The number of carbonyl (C=O) groups is 4. The zero-order valence-corrected chi connectivity index (χ0v) is 64.1. The Bertz CT molecular complexity index is 1830. The lowest BCUT2D eigenvalue weighted by Crippen LogP contribution is -2.30. The highest BCUT2D eigenvalue weighted by molar-refractivity contribution is 7.47. The molecule has 570 valence electrons. The number of unbranched alkanes of at least 4 members (excludes halogenated alkanes) is 52. The van der Waals surface area contributed by atoms with Crippen molar-refractivity contribution in [3.05, 3.63) is 0 Å². The van der Waals surface area contributed by atoms with Gasteiger partial charge in [0.15, 0.2) is 12.2 Å². The van der Waals surface area contributed by atoms with E-state index in [2.05, 4.69) is 27.7 Å². The van der Waals surface area contributed by atoms with Crippen LogP contribution in [-0.2, 0) is 65.4 Å². The molecule has 0 bridgehead atoms. The molecule has 0 heterocycles. The zero-order chi connectivity index (χ0) is 70.4. The smallest absolute Gasteiger partial charge is 0.462 e. The lowest BCUT2D eigenvalue weighted by atomic mass is 10.0. The first-order valence-corrected chi connectivity index (χ1v) is 43.3. The lowest BCUT2D eigenvalue weighted by Gasteiger charge is -2.21. The summed E-state index contributed by atoms with van der Waals surface area (Å²) < 4.78 is 68.5. The second-order valence-corrected chi connectivity index (χ2v) is 30.7. The number of aliphatic hydroxyl groups is 1. The maximum atomic E-state index is 13.1. The molecule has 0 fully saturated rings. The van der Waals surface area contributed by atoms with Crippen molar-refractivity contribution in [2.75, 3.05) is 39.6 Å². The average molecular weight is 1410 g/mol. The molecule has 96 heavy (non-hydrogen) atoms. The Labute approximate surface area is 588 Å². The average Bonchev–Trinajstić information content (AvgIpc) is 1.50. The minimum absolute atomic E-state index is 0.108. The van der Waals surface area contributed by atoms with Gasteiger partial charge in [0.2, 0.25) is 0 Å². The van der Waals surface area contributed by atoms with Crippen molar-refractivity contribution in [1.29, 1.82) is 0 Å². The van der Waals surface area contributed by atoms with Crippen LogP contribution in [0.5, 0.6) is 0 Å². The quantitative estimate of drug-likeness (QED) is 0.0222. The predicted molar refractivity (Wildman–Crippen MR) is 391 cm³/mol. The van der Waals surface area contributed by atoms with Gasteiger partial charge in [-0.2, -0.15) is 0 Å². The van der Waals surface area contributed by atoms with E-state index in [4.69, 9.17) is 37.0 Å². The van der Waals surface area contributed by atoms with E-state index in [0.717, 1.165) is 89.9 Å². The molecule has 0 spiro atoms. The number of rotatable bonds is 78. The van der Waals surface area contributed by atoms with Crippen LogP contribution in [0.15, 0.2) is 0 Å². The van der Waals surface area contributed by atoms with Crippen molar-refractivity contribution in [2.24, 2.45) is 0 Å². The fourth-order valence-corrected chi connectivity index (χ4v) is 13.5. The van der Waals surface area contributed by atoms with Crippen LogP contribution < -0.4 is 0 Å². The number of aliphatic hydroxyl groups excluding tert-OH is 1. The molecule has 0 aliphatic rings. The standard InChI is InChI=1S/C77H150O17P2/c1-5-9-13-17-21-25-28-30-32-34-35-37-39-41-44-48-52-56-60-64-77(82)94-73(68-88-75(80)62-58-54-50-46-43-40-38-36-33-31-29-26-22-18-14-10-6-2)70-92-96(85,86)90-66-71(78)65-89-95(83,84)91-69-72(67-87-74(79)61-57-53-49-45-24-20-16-12-8-4)93-76(81)63-59-55-51-47-42-27-23-19-15-11-7-3/h71-73,78H,5-70H2,1-4H3,(H,83,84)(H,85,86)/t71-,72+,73+/m0/s1. The fraction of sp³-hybridized carbons (Fsp3) is 0.948. The zero-order valence-electron chi connectivity index (χ0n) is 62.4. The molecule has 2 unspecified atom stereocenters. The molecule has 0 saturated carbocycles. The Morgan fingerprint density at radius 1 is 0.250 bits per heavy atom. The molecule has 0 aromatic carbocycles. The molecule has 17 nitrogen and oxygen atoms in total. The van der Waals surface area contributed by atoms with E-state index in [1.54, 1.807) is 0 Å². The van der Waals surface area contributed by atoms with Gasteiger partial charge in [-0.3, -0.25) is 37.3 Å². The van der Waals surface area contributed by atoms with E-state index in [9.17, 15) is 43.2 Å². The summed E-state index contributed by atoms with van der Waals surface area (Å²) in [6.07, 6.45) is 62.4. The van der Waals surface area contributed by atoms with Gasteiger partial charge in [-0.1, -0.05) is 362 Å². The SMILES string of the molecule is CCCCCCCCCCCCCCCCCCCCCC(=O)O[C@H](COC(=O)CCCCCCCCCCCCCCCCCCC)COP(=O)(O)OC[C@@H](O)COP(=O)(O)OC[C@@H](COC(=O)CCCCCCCCCCC)OC(=O)CCCCCCCCCCCCC. The second-order valence-electron chi connectivity index (χ2n) is 27.7. The summed E-state index contributed by atoms with van der Waals surface area (Å²) in [6.45, 7) is 4.98. The molecule has 0 rings (SSSR count). The van der Waals surface area contributed by atoms with E-state index in [0.29, 0.717) is 25.7 Å². The van der Waals surface area contributed by atoms with Gasteiger partial charge in [-0.15, -0.1) is 0 Å². The van der Waals surface area contributed by atoms with Crippen molar-refractivity contribution in [2.45, 2.75) is 431 Å². The van der Waals surface area contributed by atoms with E-state index in [1.165, 1.54) is 244 Å². The third kappa shape index (κ3) is 70.5. The van der Waals surface area contributed by atoms with Crippen LogP contribution in [-0.4, -0.2) is 96.7 Å². The van der Waals surface area contributed by atoms with Gasteiger partial charge in [-0.05, 0) is 25.7 Å². The maximum absolute atomic E-state index is 13.1. The molecule has 0 saturated heterocycles. The molecule has 19 heteroatoms. The summed E-state index contributed by atoms with van der Waals surface area (Å²) in [5.74, 6) is -2.11. The van der Waals surface area contributed by atoms with Gasteiger partial charge in [0.05, 0.1) is 26.4 Å². The summed E-state index contributed by atoms with van der Waals surface area (Å²) in [5, 5.41) is 10.6. The highest BCUT2D eigenvalue weighted by atomic mass is 31.2. The molecule has 0 aromatic rings. The number of phosphoric acid groups is 2. The van der Waals surface area contributed by atoms with Gasteiger partial charge < -0.3 is 33.8 Å². The highest BCUT2D eigenvalue weighted by Crippen LogP contribution is 2.45. The number of esters is 4. The Kier molecular flexibility index (Phi) is 70.0. The minimum atomic E-state index is -4.96. The third-order valence-corrected chi connectivity index (χ3v) is 20.0. The van der Waals surface area contributed by atoms with E-state index >= 15 is 0 Å². The Balaban J connectivity index is 5.20. The summed E-state index contributed by atoms with van der Waals surface area (Å²) in [7, 11) is -9.91. The summed E-state index contributed by atoms with van der Waals surface area (Å²) in [5.41, 5.74) is 0. The van der Waals surface area contributed by atoms with E-state index < -0.39 is 97.5 Å². The first-order valence-electron chi connectivity index (χ1n) is 40.3. The predicted octanol–water partition coefficient (Wildman–Crippen LogP) is 23.0. The van der Waals surface area contributed by atoms with Crippen LogP contribution in [0.4, 0.5) is 0 Å². The molecule has 5 atom stereocenters. The van der Waals surface area contributed by atoms with Crippen LogP contribution in [0.3, 0.4) is 0 Å². The van der Waals surface area contributed by atoms with Crippen LogP contribution in [0, 0.1) is 0 Å². The van der Waals surface area contributed by atoms with Crippen LogP contribution in [0.2, 0.25) is 0 Å². The lowest BCUT2D eigenvalue weighted by molar-refractivity contribution is -0.161. The van der Waals surface area contributed by atoms with E-state index in [-0.39, 0.29) is 25.7 Å². The monoisotopic (exact) mass is 1410 g/mol. The maximum Gasteiger partial charge on any atom is 0.472 e. The number of hydrogen-bond acceptors (Lipinski definition) is 15.